The number of hydrogen-bond acceptors (Lipinski definition) is 4. The van der Waals surface area contributed by atoms with E-state index < -0.39 is 0 Å². The van der Waals surface area contributed by atoms with Gasteiger partial charge in [0.25, 0.3) is 5.91 Å². The molecule has 1 aromatic heterocycles. The zero-order valence-electron chi connectivity index (χ0n) is 15.0. The van der Waals surface area contributed by atoms with Crippen molar-refractivity contribution in [2.24, 2.45) is 5.92 Å². The van der Waals surface area contributed by atoms with E-state index in [9.17, 15) is 14.4 Å². The van der Waals surface area contributed by atoms with Crippen LogP contribution in [0.1, 0.15) is 37.7 Å². The van der Waals surface area contributed by atoms with Gasteiger partial charge in [-0.25, -0.2) is 0 Å². The van der Waals surface area contributed by atoms with Gasteiger partial charge in [0.15, 0.2) is 5.76 Å². The molecule has 0 bridgehead atoms. The first-order valence-corrected chi connectivity index (χ1v) is 8.69. The molecule has 0 radical (unpaired) electrons. The molecule has 3 amide bonds. The molecular weight excluding hydrogens is 322 g/mol. The van der Waals surface area contributed by atoms with Crippen molar-refractivity contribution < 1.29 is 18.8 Å². The number of amides is 3. The summed E-state index contributed by atoms with van der Waals surface area (Å²) in [5.74, 6) is -0.0456. The van der Waals surface area contributed by atoms with Gasteiger partial charge < -0.3 is 19.1 Å². The summed E-state index contributed by atoms with van der Waals surface area (Å²) < 4.78 is 5.14. The number of carbonyl (C=O) groups is 3. The highest BCUT2D eigenvalue weighted by atomic mass is 16.3. The number of furan rings is 1. The molecule has 2 aliphatic heterocycles. The lowest BCUT2D eigenvalue weighted by Crippen LogP contribution is -2.52. The van der Waals surface area contributed by atoms with Crippen LogP contribution in [0.3, 0.4) is 0 Å². The van der Waals surface area contributed by atoms with Crippen molar-refractivity contribution in [2.45, 2.75) is 32.7 Å². The van der Waals surface area contributed by atoms with E-state index in [2.05, 4.69) is 0 Å². The minimum atomic E-state index is -0.279. The molecule has 3 rings (SSSR count). The zero-order chi connectivity index (χ0) is 18.2. The summed E-state index contributed by atoms with van der Waals surface area (Å²) in [5.41, 5.74) is -0.264. The Labute approximate surface area is 147 Å². The second kappa shape index (κ2) is 6.54. The lowest BCUT2D eigenvalue weighted by molar-refractivity contribution is -0.137. The molecule has 0 saturated carbocycles. The van der Waals surface area contributed by atoms with Gasteiger partial charge in [-0.2, -0.15) is 0 Å². The van der Waals surface area contributed by atoms with E-state index in [1.165, 1.54) is 6.26 Å². The third-order valence-electron chi connectivity index (χ3n) is 4.89. The molecule has 2 fully saturated rings. The van der Waals surface area contributed by atoms with E-state index in [0.29, 0.717) is 38.5 Å². The summed E-state index contributed by atoms with van der Waals surface area (Å²) >= 11 is 0. The second-order valence-electron chi connectivity index (χ2n) is 7.67. The van der Waals surface area contributed by atoms with Gasteiger partial charge in [-0.15, -0.1) is 0 Å². The summed E-state index contributed by atoms with van der Waals surface area (Å²) in [4.78, 5) is 42.5. The van der Waals surface area contributed by atoms with Crippen molar-refractivity contribution in [3.8, 4) is 0 Å². The highest BCUT2D eigenvalue weighted by Gasteiger charge is 2.41. The van der Waals surface area contributed by atoms with E-state index in [1.54, 1.807) is 26.8 Å². The molecule has 0 N–H and O–H groups in total. The van der Waals surface area contributed by atoms with Crippen molar-refractivity contribution in [3.05, 3.63) is 24.2 Å². The van der Waals surface area contributed by atoms with Gasteiger partial charge in [-0.05, 0) is 32.9 Å². The maximum absolute atomic E-state index is 12.7. The molecule has 0 spiro atoms. The Balaban J connectivity index is 1.56. The van der Waals surface area contributed by atoms with Gasteiger partial charge in [0.05, 0.1) is 12.2 Å². The highest BCUT2D eigenvalue weighted by Crippen LogP contribution is 2.27. The lowest BCUT2D eigenvalue weighted by Gasteiger charge is -2.36. The van der Waals surface area contributed by atoms with Crippen LogP contribution in [0.2, 0.25) is 0 Å². The topological polar surface area (TPSA) is 74.1 Å². The smallest absolute Gasteiger partial charge is 0.289 e. The normalized spacial score (nSPS) is 21.8. The molecule has 0 aromatic carbocycles. The Kier molecular flexibility index (Phi) is 4.58. The third kappa shape index (κ3) is 3.55. The van der Waals surface area contributed by atoms with Gasteiger partial charge in [-0.1, -0.05) is 0 Å². The van der Waals surface area contributed by atoms with Gasteiger partial charge in [-0.3, -0.25) is 14.4 Å². The van der Waals surface area contributed by atoms with Crippen LogP contribution in [-0.2, 0) is 9.59 Å². The van der Waals surface area contributed by atoms with Gasteiger partial charge >= 0.3 is 0 Å². The molecule has 0 unspecified atom stereocenters. The van der Waals surface area contributed by atoms with E-state index >= 15 is 0 Å². The monoisotopic (exact) mass is 347 g/mol. The maximum Gasteiger partial charge on any atom is 0.289 e. The number of hydrogen-bond donors (Lipinski definition) is 0. The summed E-state index contributed by atoms with van der Waals surface area (Å²) in [6.45, 7) is 8.37. The van der Waals surface area contributed by atoms with Crippen molar-refractivity contribution in [3.63, 3.8) is 0 Å². The highest BCUT2D eigenvalue weighted by molar-refractivity contribution is 5.92. The van der Waals surface area contributed by atoms with Crippen LogP contribution in [0.25, 0.3) is 0 Å². The lowest BCUT2D eigenvalue weighted by atomic mass is 10.1. The Morgan fingerprint density at radius 2 is 1.76 bits per heavy atom. The molecule has 1 aromatic rings. The average Bonchev–Trinajstić information content (AvgIpc) is 3.22. The van der Waals surface area contributed by atoms with E-state index in [-0.39, 0.29) is 35.6 Å². The quantitative estimate of drug-likeness (QED) is 0.806. The van der Waals surface area contributed by atoms with Gasteiger partial charge in [0.2, 0.25) is 11.8 Å². The number of likely N-dealkylation sites (tertiary alicyclic amines) is 1. The van der Waals surface area contributed by atoms with Crippen LogP contribution in [0, 0.1) is 5.92 Å². The largest absolute Gasteiger partial charge is 0.459 e. The van der Waals surface area contributed by atoms with E-state index in [1.807, 2.05) is 20.8 Å². The SMILES string of the molecule is CC(C)(C)N1C[C@@H](C(=O)N2CCN(C(=O)c3ccco3)CC2)CC1=O. The first-order chi connectivity index (χ1) is 11.8. The number of carbonyl (C=O) groups excluding carboxylic acids is 3. The minimum absolute atomic E-state index is 0.0187. The van der Waals surface area contributed by atoms with Gasteiger partial charge in [0.1, 0.15) is 0 Å². The number of piperazine rings is 1. The first-order valence-electron chi connectivity index (χ1n) is 8.69. The second-order valence-corrected chi connectivity index (χ2v) is 7.67. The van der Waals surface area contributed by atoms with Crippen molar-refractivity contribution in [1.82, 2.24) is 14.7 Å². The Bertz CT molecular complexity index is 654. The van der Waals surface area contributed by atoms with Crippen LogP contribution < -0.4 is 0 Å². The zero-order valence-corrected chi connectivity index (χ0v) is 15.0. The number of nitrogens with zero attached hydrogens (tertiary/aromatic N) is 3. The molecular formula is C18H25N3O4. The van der Waals surface area contributed by atoms with E-state index in [0.717, 1.165) is 0 Å². The predicted molar refractivity (Wildman–Crippen MR) is 90.8 cm³/mol. The molecule has 0 aliphatic carbocycles. The number of rotatable bonds is 2. The van der Waals surface area contributed by atoms with E-state index in [4.69, 9.17) is 4.42 Å². The molecule has 25 heavy (non-hydrogen) atoms. The standard InChI is InChI=1S/C18H25N3O4/c1-18(2,3)21-12-13(11-15(21)22)16(23)19-6-8-20(9-7-19)17(24)14-5-4-10-25-14/h4-5,10,13H,6-9,11-12H2,1-3H3/t13-/m0/s1. The summed E-state index contributed by atoms with van der Waals surface area (Å²) in [6, 6.07) is 3.33. The summed E-state index contributed by atoms with van der Waals surface area (Å²) in [5, 5.41) is 0. The predicted octanol–water partition coefficient (Wildman–Crippen LogP) is 1.21. The Morgan fingerprint density at radius 1 is 1.12 bits per heavy atom. The summed E-state index contributed by atoms with van der Waals surface area (Å²) in [6.07, 6.45) is 1.76. The minimum Gasteiger partial charge on any atom is -0.459 e. The molecule has 2 aliphatic rings. The maximum atomic E-state index is 12.7. The fourth-order valence-electron chi connectivity index (χ4n) is 3.47. The van der Waals surface area contributed by atoms with Crippen molar-refractivity contribution in [2.75, 3.05) is 32.7 Å². The fourth-order valence-corrected chi connectivity index (χ4v) is 3.47. The first kappa shape index (κ1) is 17.5. The Morgan fingerprint density at radius 3 is 2.28 bits per heavy atom. The fraction of sp³-hybridized carbons (Fsp3) is 0.611. The van der Waals surface area contributed by atoms with Crippen LogP contribution in [0.15, 0.2) is 22.8 Å². The van der Waals surface area contributed by atoms with Crippen LogP contribution in [0.4, 0.5) is 0 Å². The Hall–Kier alpha value is -2.31. The van der Waals surface area contributed by atoms with Gasteiger partial charge in [0, 0.05) is 44.7 Å². The molecule has 136 valence electrons. The molecule has 7 heteroatoms. The van der Waals surface area contributed by atoms with Crippen molar-refractivity contribution in [1.29, 1.82) is 0 Å². The average molecular weight is 347 g/mol. The third-order valence-corrected chi connectivity index (χ3v) is 4.89. The molecule has 3 heterocycles. The van der Waals surface area contributed by atoms with Crippen LogP contribution in [-0.4, -0.2) is 70.7 Å². The van der Waals surface area contributed by atoms with Crippen molar-refractivity contribution >= 4 is 17.7 Å². The molecule has 7 nitrogen and oxygen atoms in total. The van der Waals surface area contributed by atoms with Crippen LogP contribution >= 0.6 is 0 Å². The molecule has 1 atom stereocenters. The van der Waals surface area contributed by atoms with Crippen LogP contribution in [0.5, 0.6) is 0 Å². The molecule has 2 saturated heterocycles. The summed E-state index contributed by atoms with van der Waals surface area (Å²) in [7, 11) is 0.